The minimum absolute atomic E-state index is 0.00175. The van der Waals surface area contributed by atoms with Crippen molar-refractivity contribution in [2.75, 3.05) is 33.3 Å². The number of carbonyl (C=O) groups excluding carboxylic acids is 3. The summed E-state index contributed by atoms with van der Waals surface area (Å²) in [6.45, 7) is 8.74. The summed E-state index contributed by atoms with van der Waals surface area (Å²) in [5.41, 5.74) is 0. The number of hydrogen-bond donors (Lipinski definition) is 1. The van der Waals surface area contributed by atoms with E-state index in [-0.39, 0.29) is 29.9 Å². The highest BCUT2D eigenvalue weighted by molar-refractivity contribution is 5.78. The standard InChI is InChI=1S/C20H35N3O4/c1-5-15-13-23(20(26)21-14(2)3)11-8-17(15)12-18(24)22-9-6-16(7-10-22)19(25)27-4/h14-17H,5-13H2,1-4H3,(H,21,26). The first-order chi connectivity index (χ1) is 12.8. The summed E-state index contributed by atoms with van der Waals surface area (Å²) in [4.78, 5) is 40.4. The van der Waals surface area contributed by atoms with Crippen molar-refractivity contribution in [3.8, 4) is 0 Å². The van der Waals surface area contributed by atoms with Gasteiger partial charge in [0.15, 0.2) is 0 Å². The summed E-state index contributed by atoms with van der Waals surface area (Å²) in [6.07, 6.45) is 3.75. The third-order valence-corrected chi connectivity index (χ3v) is 5.93. The third-order valence-electron chi connectivity index (χ3n) is 5.93. The van der Waals surface area contributed by atoms with E-state index in [4.69, 9.17) is 4.74 Å². The summed E-state index contributed by atoms with van der Waals surface area (Å²) >= 11 is 0. The van der Waals surface area contributed by atoms with E-state index in [2.05, 4.69) is 12.2 Å². The molecule has 2 rings (SSSR count). The molecular weight excluding hydrogens is 346 g/mol. The molecule has 0 aromatic rings. The molecule has 2 aliphatic heterocycles. The molecule has 7 nitrogen and oxygen atoms in total. The highest BCUT2D eigenvalue weighted by Crippen LogP contribution is 2.30. The Balaban J connectivity index is 1.84. The van der Waals surface area contributed by atoms with Crippen LogP contribution in [-0.2, 0) is 14.3 Å². The Morgan fingerprint density at radius 2 is 1.67 bits per heavy atom. The van der Waals surface area contributed by atoms with Crippen LogP contribution in [0.5, 0.6) is 0 Å². The summed E-state index contributed by atoms with van der Waals surface area (Å²) in [6, 6.07) is 0.128. The van der Waals surface area contributed by atoms with Crippen LogP contribution in [0.25, 0.3) is 0 Å². The monoisotopic (exact) mass is 381 g/mol. The van der Waals surface area contributed by atoms with E-state index in [1.807, 2.05) is 23.6 Å². The molecule has 2 aliphatic rings. The van der Waals surface area contributed by atoms with Crippen molar-refractivity contribution in [3.63, 3.8) is 0 Å². The van der Waals surface area contributed by atoms with Gasteiger partial charge in [0.2, 0.25) is 5.91 Å². The smallest absolute Gasteiger partial charge is 0.317 e. The number of hydrogen-bond acceptors (Lipinski definition) is 4. The fourth-order valence-electron chi connectivity index (χ4n) is 4.22. The molecule has 7 heteroatoms. The summed E-state index contributed by atoms with van der Waals surface area (Å²) < 4.78 is 4.81. The molecular formula is C20H35N3O4. The van der Waals surface area contributed by atoms with Gasteiger partial charge in [0.25, 0.3) is 0 Å². The topological polar surface area (TPSA) is 79.0 Å². The van der Waals surface area contributed by atoms with Gasteiger partial charge in [-0.2, -0.15) is 0 Å². The van der Waals surface area contributed by atoms with Crippen LogP contribution < -0.4 is 5.32 Å². The van der Waals surface area contributed by atoms with Gasteiger partial charge in [-0.15, -0.1) is 0 Å². The van der Waals surface area contributed by atoms with Crippen molar-refractivity contribution < 1.29 is 19.1 Å². The molecule has 2 fully saturated rings. The number of ether oxygens (including phenoxy) is 1. The lowest BCUT2D eigenvalue weighted by Gasteiger charge is -2.39. The van der Waals surface area contributed by atoms with E-state index in [1.54, 1.807) is 0 Å². The molecule has 2 atom stereocenters. The number of amides is 3. The zero-order chi connectivity index (χ0) is 20.0. The lowest BCUT2D eigenvalue weighted by molar-refractivity contribution is -0.149. The first-order valence-corrected chi connectivity index (χ1v) is 10.3. The highest BCUT2D eigenvalue weighted by Gasteiger charge is 2.34. The summed E-state index contributed by atoms with van der Waals surface area (Å²) in [5.74, 6) is 0.615. The molecule has 0 radical (unpaired) electrons. The Morgan fingerprint density at radius 1 is 1.04 bits per heavy atom. The SMILES string of the molecule is CCC1CN(C(=O)NC(C)C)CCC1CC(=O)N1CCC(C(=O)OC)CC1. The van der Waals surface area contributed by atoms with Gasteiger partial charge in [0, 0.05) is 38.6 Å². The van der Waals surface area contributed by atoms with Crippen LogP contribution in [0.4, 0.5) is 4.79 Å². The second kappa shape index (κ2) is 9.95. The second-order valence-corrected chi connectivity index (χ2v) is 8.15. The van der Waals surface area contributed by atoms with Gasteiger partial charge in [0.1, 0.15) is 0 Å². The average Bonchev–Trinajstić information content (AvgIpc) is 2.67. The van der Waals surface area contributed by atoms with Crippen LogP contribution in [-0.4, -0.2) is 67.0 Å². The van der Waals surface area contributed by atoms with Crippen LogP contribution in [0.1, 0.15) is 52.9 Å². The van der Waals surface area contributed by atoms with Crippen LogP contribution in [0.15, 0.2) is 0 Å². The number of nitrogens with one attached hydrogen (secondary N) is 1. The zero-order valence-corrected chi connectivity index (χ0v) is 17.2. The van der Waals surface area contributed by atoms with Crippen LogP contribution in [0.3, 0.4) is 0 Å². The van der Waals surface area contributed by atoms with Crippen LogP contribution >= 0.6 is 0 Å². The maximum atomic E-state index is 12.8. The molecule has 2 heterocycles. The van der Waals surface area contributed by atoms with Gasteiger partial charge in [-0.3, -0.25) is 9.59 Å². The average molecular weight is 382 g/mol. The maximum Gasteiger partial charge on any atom is 0.317 e. The van der Waals surface area contributed by atoms with E-state index in [0.29, 0.717) is 50.7 Å². The molecule has 0 saturated carbocycles. The van der Waals surface area contributed by atoms with E-state index in [0.717, 1.165) is 19.4 Å². The Morgan fingerprint density at radius 3 is 2.22 bits per heavy atom. The molecule has 0 aromatic heterocycles. The quantitative estimate of drug-likeness (QED) is 0.741. The lowest BCUT2D eigenvalue weighted by atomic mass is 9.81. The summed E-state index contributed by atoms with van der Waals surface area (Å²) in [7, 11) is 1.42. The number of methoxy groups -OCH3 is 1. The normalized spacial score (nSPS) is 24.0. The number of esters is 1. The van der Waals surface area contributed by atoms with Crippen molar-refractivity contribution in [2.45, 2.75) is 58.9 Å². The molecule has 0 bridgehead atoms. The zero-order valence-electron chi connectivity index (χ0n) is 17.2. The number of carbonyl (C=O) groups is 3. The van der Waals surface area contributed by atoms with Gasteiger partial charge in [-0.1, -0.05) is 13.3 Å². The molecule has 2 saturated heterocycles. The largest absolute Gasteiger partial charge is 0.469 e. The fourth-order valence-corrected chi connectivity index (χ4v) is 4.22. The van der Waals surface area contributed by atoms with E-state index in [9.17, 15) is 14.4 Å². The first kappa shape index (κ1) is 21.5. The van der Waals surface area contributed by atoms with Crippen LogP contribution in [0, 0.1) is 17.8 Å². The number of rotatable bonds is 5. The van der Waals surface area contributed by atoms with Gasteiger partial charge in [-0.25, -0.2) is 4.79 Å². The van der Waals surface area contributed by atoms with Crippen molar-refractivity contribution in [3.05, 3.63) is 0 Å². The highest BCUT2D eigenvalue weighted by atomic mass is 16.5. The Labute approximate surface area is 162 Å². The van der Waals surface area contributed by atoms with Crippen molar-refractivity contribution in [1.82, 2.24) is 15.1 Å². The van der Waals surface area contributed by atoms with Gasteiger partial charge < -0.3 is 19.9 Å². The first-order valence-electron chi connectivity index (χ1n) is 10.3. The van der Waals surface area contributed by atoms with Gasteiger partial charge >= 0.3 is 12.0 Å². The predicted octanol–water partition coefficient (Wildman–Crippen LogP) is 2.25. The van der Waals surface area contributed by atoms with Crippen molar-refractivity contribution in [2.24, 2.45) is 17.8 Å². The summed E-state index contributed by atoms with van der Waals surface area (Å²) in [5, 5.41) is 2.96. The molecule has 27 heavy (non-hydrogen) atoms. The maximum absolute atomic E-state index is 12.8. The Bertz CT molecular complexity index is 529. The number of likely N-dealkylation sites (tertiary alicyclic amines) is 2. The minimum Gasteiger partial charge on any atom is -0.469 e. The number of urea groups is 1. The number of nitrogens with zero attached hydrogens (tertiary/aromatic N) is 2. The Kier molecular flexibility index (Phi) is 7.92. The number of piperidine rings is 2. The predicted molar refractivity (Wildman–Crippen MR) is 103 cm³/mol. The van der Waals surface area contributed by atoms with Crippen molar-refractivity contribution in [1.29, 1.82) is 0 Å². The molecule has 2 unspecified atom stereocenters. The van der Waals surface area contributed by atoms with Gasteiger partial charge in [-0.05, 0) is 44.9 Å². The molecule has 0 aromatic carbocycles. The second-order valence-electron chi connectivity index (χ2n) is 8.15. The van der Waals surface area contributed by atoms with E-state index < -0.39 is 0 Å². The van der Waals surface area contributed by atoms with E-state index >= 15 is 0 Å². The minimum atomic E-state index is -0.166. The Hall–Kier alpha value is -1.79. The van der Waals surface area contributed by atoms with Crippen LogP contribution in [0.2, 0.25) is 0 Å². The molecule has 0 aliphatic carbocycles. The lowest BCUT2D eigenvalue weighted by Crippen LogP contribution is -2.50. The molecule has 154 valence electrons. The van der Waals surface area contributed by atoms with Crippen molar-refractivity contribution >= 4 is 17.9 Å². The molecule has 3 amide bonds. The fraction of sp³-hybridized carbons (Fsp3) is 0.850. The van der Waals surface area contributed by atoms with E-state index in [1.165, 1.54) is 7.11 Å². The third kappa shape index (κ3) is 5.84. The van der Waals surface area contributed by atoms with Gasteiger partial charge in [0.05, 0.1) is 13.0 Å². The molecule has 1 N–H and O–H groups in total. The molecule has 0 spiro atoms.